The summed E-state index contributed by atoms with van der Waals surface area (Å²) in [6.45, 7) is 13.1. The van der Waals surface area contributed by atoms with Crippen molar-refractivity contribution in [2.24, 2.45) is 11.8 Å². The van der Waals surface area contributed by atoms with Crippen LogP contribution in [-0.2, 0) is 14.3 Å². The third kappa shape index (κ3) is 9.91. The topological polar surface area (TPSA) is 96.2 Å². The van der Waals surface area contributed by atoms with Gasteiger partial charge in [0.2, 0.25) is 0 Å². The molecule has 6 heteroatoms. The standard InChI is InChI=1S/C12H22O6.C3H8.C2H6/c1-6(2)12(16)17-5-9-11(15)8(7(3)13)4-10(14)18-9;1-3-2;1-2/h6-11,13-15H,4-5H2,1-3H3;3H2,1-2H3;1-2H3/t7?,8?,9?,10-,11-;;/m0../s1. The lowest BCUT2D eigenvalue weighted by Gasteiger charge is -2.38. The first kappa shape index (κ1) is 24.6. The minimum atomic E-state index is -1.06. The Balaban J connectivity index is 0. The minimum absolute atomic E-state index is 0.127. The molecular weight excluding hydrogens is 300 g/mol. The van der Waals surface area contributed by atoms with E-state index in [1.807, 2.05) is 13.8 Å². The van der Waals surface area contributed by atoms with E-state index in [2.05, 4.69) is 13.8 Å². The fourth-order valence-electron chi connectivity index (χ4n) is 1.94. The van der Waals surface area contributed by atoms with E-state index in [0.29, 0.717) is 0 Å². The zero-order valence-corrected chi connectivity index (χ0v) is 15.7. The molecule has 0 aliphatic carbocycles. The second kappa shape index (κ2) is 13.7. The van der Waals surface area contributed by atoms with E-state index in [1.54, 1.807) is 20.8 Å². The Bertz CT molecular complexity index is 293. The van der Waals surface area contributed by atoms with Gasteiger partial charge in [0.15, 0.2) is 6.29 Å². The number of carbonyl (C=O) groups is 1. The molecule has 3 unspecified atom stereocenters. The Morgan fingerprint density at radius 2 is 1.70 bits per heavy atom. The maximum absolute atomic E-state index is 11.3. The van der Waals surface area contributed by atoms with Crippen molar-refractivity contribution in [3.05, 3.63) is 0 Å². The lowest BCUT2D eigenvalue weighted by molar-refractivity contribution is -0.240. The summed E-state index contributed by atoms with van der Waals surface area (Å²) in [6, 6.07) is 0. The summed E-state index contributed by atoms with van der Waals surface area (Å²) in [5.41, 5.74) is 0. The summed E-state index contributed by atoms with van der Waals surface area (Å²) in [6.07, 6.45) is -2.19. The van der Waals surface area contributed by atoms with Crippen LogP contribution in [-0.4, -0.2) is 52.5 Å². The summed E-state index contributed by atoms with van der Waals surface area (Å²) >= 11 is 0. The minimum Gasteiger partial charge on any atom is -0.463 e. The van der Waals surface area contributed by atoms with Crippen molar-refractivity contribution in [3.63, 3.8) is 0 Å². The largest absolute Gasteiger partial charge is 0.463 e. The van der Waals surface area contributed by atoms with Crippen LogP contribution >= 0.6 is 0 Å². The van der Waals surface area contributed by atoms with E-state index < -0.39 is 30.5 Å². The first-order chi connectivity index (χ1) is 10.7. The summed E-state index contributed by atoms with van der Waals surface area (Å²) in [5.74, 6) is -1.14. The molecular formula is C17H36O6. The molecule has 5 atom stereocenters. The first-order valence-corrected chi connectivity index (χ1v) is 8.60. The van der Waals surface area contributed by atoms with Crippen molar-refractivity contribution in [2.75, 3.05) is 6.61 Å². The molecule has 3 N–H and O–H groups in total. The van der Waals surface area contributed by atoms with Gasteiger partial charge in [-0.1, -0.05) is 48.0 Å². The van der Waals surface area contributed by atoms with Gasteiger partial charge < -0.3 is 24.8 Å². The molecule has 140 valence electrons. The van der Waals surface area contributed by atoms with Crippen LogP contribution < -0.4 is 0 Å². The number of rotatable bonds is 4. The Kier molecular flexibility index (Phi) is 14.7. The normalized spacial score (nSPS) is 28.0. The van der Waals surface area contributed by atoms with Crippen LogP contribution in [0.3, 0.4) is 0 Å². The molecule has 0 saturated carbocycles. The van der Waals surface area contributed by atoms with Crippen molar-refractivity contribution in [1.29, 1.82) is 0 Å². The molecule has 1 fully saturated rings. The van der Waals surface area contributed by atoms with Gasteiger partial charge in [0.1, 0.15) is 12.7 Å². The van der Waals surface area contributed by atoms with Gasteiger partial charge in [-0.25, -0.2) is 0 Å². The van der Waals surface area contributed by atoms with Gasteiger partial charge in [-0.3, -0.25) is 4.79 Å². The number of aliphatic hydroxyl groups is 3. The fraction of sp³-hybridized carbons (Fsp3) is 0.941. The van der Waals surface area contributed by atoms with Gasteiger partial charge in [0.05, 0.1) is 18.1 Å². The zero-order chi connectivity index (χ0) is 18.6. The number of hydrogen-bond donors (Lipinski definition) is 3. The summed E-state index contributed by atoms with van der Waals surface area (Å²) in [4.78, 5) is 11.3. The molecule has 6 nitrogen and oxygen atoms in total. The predicted octanol–water partition coefficient (Wildman–Crippen LogP) is 2.09. The van der Waals surface area contributed by atoms with Crippen molar-refractivity contribution >= 4 is 5.97 Å². The molecule has 0 amide bonds. The summed E-state index contributed by atoms with van der Waals surface area (Å²) < 4.78 is 10.1. The Labute approximate surface area is 140 Å². The van der Waals surface area contributed by atoms with Crippen LogP contribution in [0, 0.1) is 11.8 Å². The smallest absolute Gasteiger partial charge is 0.308 e. The third-order valence-corrected chi connectivity index (χ3v) is 3.11. The van der Waals surface area contributed by atoms with Crippen LogP contribution in [0.15, 0.2) is 0 Å². The highest BCUT2D eigenvalue weighted by Crippen LogP contribution is 2.27. The van der Waals surface area contributed by atoms with E-state index in [9.17, 15) is 20.1 Å². The molecule has 0 bridgehead atoms. The summed E-state index contributed by atoms with van der Waals surface area (Å²) in [7, 11) is 0. The van der Waals surface area contributed by atoms with Gasteiger partial charge >= 0.3 is 5.97 Å². The highest BCUT2D eigenvalue weighted by Gasteiger charge is 2.39. The number of hydrogen-bond acceptors (Lipinski definition) is 6. The molecule has 1 heterocycles. The number of esters is 1. The average molecular weight is 336 g/mol. The first-order valence-electron chi connectivity index (χ1n) is 8.60. The highest BCUT2D eigenvalue weighted by molar-refractivity contribution is 5.71. The predicted molar refractivity (Wildman–Crippen MR) is 89.8 cm³/mol. The van der Waals surface area contributed by atoms with Crippen LogP contribution in [0.25, 0.3) is 0 Å². The van der Waals surface area contributed by atoms with E-state index in [-0.39, 0.29) is 24.9 Å². The van der Waals surface area contributed by atoms with Gasteiger partial charge in [-0.05, 0) is 6.92 Å². The molecule has 0 spiro atoms. The lowest BCUT2D eigenvalue weighted by atomic mass is 9.87. The molecule has 23 heavy (non-hydrogen) atoms. The van der Waals surface area contributed by atoms with Gasteiger partial charge in [0, 0.05) is 12.3 Å². The molecule has 1 saturated heterocycles. The van der Waals surface area contributed by atoms with Gasteiger partial charge in [-0.15, -0.1) is 0 Å². The number of carbonyl (C=O) groups excluding carboxylic acids is 1. The summed E-state index contributed by atoms with van der Waals surface area (Å²) in [5, 5.41) is 29.0. The van der Waals surface area contributed by atoms with Crippen molar-refractivity contribution < 1.29 is 29.6 Å². The Morgan fingerprint density at radius 1 is 1.22 bits per heavy atom. The highest BCUT2D eigenvalue weighted by atomic mass is 16.6. The monoisotopic (exact) mass is 336 g/mol. The number of ether oxygens (including phenoxy) is 2. The Hall–Kier alpha value is -0.690. The molecule has 0 aromatic rings. The van der Waals surface area contributed by atoms with Gasteiger partial charge in [0.25, 0.3) is 0 Å². The molecule has 1 aliphatic rings. The van der Waals surface area contributed by atoms with Crippen molar-refractivity contribution in [2.45, 2.75) is 85.9 Å². The van der Waals surface area contributed by atoms with E-state index in [1.165, 1.54) is 6.42 Å². The van der Waals surface area contributed by atoms with Crippen LogP contribution in [0.2, 0.25) is 0 Å². The average Bonchev–Trinajstić information content (AvgIpc) is 2.49. The molecule has 1 aliphatic heterocycles. The quantitative estimate of drug-likeness (QED) is 0.680. The van der Waals surface area contributed by atoms with Gasteiger partial charge in [-0.2, -0.15) is 0 Å². The van der Waals surface area contributed by atoms with Crippen LogP contribution in [0.1, 0.15) is 61.3 Å². The second-order valence-corrected chi connectivity index (χ2v) is 5.75. The van der Waals surface area contributed by atoms with E-state index in [4.69, 9.17) is 9.47 Å². The molecule has 0 radical (unpaired) electrons. The third-order valence-electron chi connectivity index (χ3n) is 3.11. The number of aliphatic hydroxyl groups excluding tert-OH is 3. The lowest BCUT2D eigenvalue weighted by Crippen LogP contribution is -2.50. The SMILES string of the molecule is CC.CC(C)C(=O)OCC1O[C@H](O)CC(C(C)O)[C@@H]1O.CCC. The molecule has 0 aromatic heterocycles. The second-order valence-electron chi connectivity index (χ2n) is 5.75. The van der Waals surface area contributed by atoms with Crippen molar-refractivity contribution in [3.8, 4) is 0 Å². The Morgan fingerprint density at radius 3 is 2.09 bits per heavy atom. The van der Waals surface area contributed by atoms with Crippen LogP contribution in [0.5, 0.6) is 0 Å². The van der Waals surface area contributed by atoms with Crippen molar-refractivity contribution in [1.82, 2.24) is 0 Å². The fourth-order valence-corrected chi connectivity index (χ4v) is 1.94. The van der Waals surface area contributed by atoms with E-state index in [0.717, 1.165) is 0 Å². The molecule has 1 rings (SSSR count). The zero-order valence-electron chi connectivity index (χ0n) is 15.7. The maximum atomic E-state index is 11.3. The molecule has 0 aromatic carbocycles. The maximum Gasteiger partial charge on any atom is 0.308 e. The van der Waals surface area contributed by atoms with E-state index >= 15 is 0 Å². The van der Waals surface area contributed by atoms with Crippen LogP contribution in [0.4, 0.5) is 0 Å².